The van der Waals surface area contributed by atoms with Gasteiger partial charge in [-0.1, -0.05) is 0 Å². The molecule has 0 saturated carbocycles. The molecule has 11 heteroatoms. The number of carbonyl (C=O) groups is 1. The average molecular weight is 301 g/mol. The number of ether oxygens (including phenoxy) is 1. The van der Waals surface area contributed by atoms with Crippen molar-refractivity contribution in [2.75, 3.05) is 18.5 Å². The molecule has 4 unspecified atom stereocenters. The molecule has 0 radical (unpaired) electrons. The third-order valence-corrected chi connectivity index (χ3v) is 2.92. The maximum absolute atomic E-state index is 11.8. The molecule has 11 nitrogen and oxygen atoms in total. The van der Waals surface area contributed by atoms with Gasteiger partial charge in [0.05, 0.1) is 19.3 Å². The Labute approximate surface area is 118 Å². The van der Waals surface area contributed by atoms with Gasteiger partial charge in [0.25, 0.3) is 0 Å². The molecule has 0 aromatic carbocycles. The number of anilines is 1. The van der Waals surface area contributed by atoms with Crippen molar-refractivity contribution in [3.63, 3.8) is 0 Å². The quantitative estimate of drug-likeness (QED) is 0.365. The molecule has 1 aromatic heterocycles. The van der Waals surface area contributed by atoms with Crippen molar-refractivity contribution in [2.45, 2.75) is 24.5 Å². The van der Waals surface area contributed by atoms with Gasteiger partial charge < -0.3 is 31.1 Å². The van der Waals surface area contributed by atoms with Crippen molar-refractivity contribution < 1.29 is 24.9 Å². The van der Waals surface area contributed by atoms with E-state index in [0.717, 1.165) is 10.9 Å². The number of nitrogens with two attached hydrogens (primary N) is 1. The number of hydrogen-bond donors (Lipinski definition) is 5. The number of hydrogen-bond acceptors (Lipinski definition) is 9. The lowest BCUT2D eigenvalue weighted by Crippen LogP contribution is -2.37. The molecule has 1 fully saturated rings. The molecular weight excluding hydrogens is 286 g/mol. The summed E-state index contributed by atoms with van der Waals surface area (Å²) in [6.45, 7) is -0.735. The largest absolute Gasteiger partial charge is 0.394 e. The Morgan fingerprint density at radius 1 is 1.48 bits per heavy atom. The first-order valence-corrected chi connectivity index (χ1v) is 6.04. The fourth-order valence-electron chi connectivity index (χ4n) is 1.87. The third kappa shape index (κ3) is 3.16. The molecular formula is C10H15N5O6. The van der Waals surface area contributed by atoms with Gasteiger partial charge in [-0.2, -0.15) is 14.8 Å². The second kappa shape index (κ2) is 6.13. The van der Waals surface area contributed by atoms with E-state index < -0.39 is 42.7 Å². The van der Waals surface area contributed by atoms with E-state index in [4.69, 9.17) is 15.6 Å². The lowest BCUT2D eigenvalue weighted by Gasteiger charge is -2.15. The third-order valence-electron chi connectivity index (χ3n) is 2.92. The molecule has 1 saturated heterocycles. The minimum absolute atomic E-state index is 0.0294. The lowest BCUT2D eigenvalue weighted by molar-refractivity contribution is -0.116. The first-order chi connectivity index (χ1) is 9.93. The Morgan fingerprint density at radius 2 is 2.19 bits per heavy atom. The van der Waals surface area contributed by atoms with Gasteiger partial charge in [0, 0.05) is 0 Å². The van der Waals surface area contributed by atoms with Crippen LogP contribution in [0.4, 0.5) is 5.82 Å². The molecule has 1 aromatic rings. The first kappa shape index (κ1) is 15.3. The summed E-state index contributed by atoms with van der Waals surface area (Å²) in [5, 5.41) is 34.6. The highest BCUT2D eigenvalue weighted by atomic mass is 16.6. The molecule has 0 bridgehead atoms. The molecule has 1 aliphatic heterocycles. The topological polar surface area (TPSA) is 173 Å². The van der Waals surface area contributed by atoms with Crippen LogP contribution in [0.25, 0.3) is 0 Å². The van der Waals surface area contributed by atoms with Gasteiger partial charge in [0.15, 0.2) is 12.0 Å². The maximum Gasteiger partial charge on any atom is 0.368 e. The highest BCUT2D eigenvalue weighted by molar-refractivity contribution is 5.78. The van der Waals surface area contributed by atoms with Crippen LogP contribution in [0.1, 0.15) is 6.23 Å². The van der Waals surface area contributed by atoms with E-state index in [1.54, 1.807) is 0 Å². The number of aliphatic hydroxyl groups excluding tert-OH is 3. The van der Waals surface area contributed by atoms with Gasteiger partial charge in [-0.3, -0.25) is 4.79 Å². The zero-order valence-corrected chi connectivity index (χ0v) is 10.8. The molecule has 2 heterocycles. The van der Waals surface area contributed by atoms with Crippen LogP contribution >= 0.6 is 0 Å². The summed E-state index contributed by atoms with van der Waals surface area (Å²) in [7, 11) is 0. The van der Waals surface area contributed by atoms with E-state index in [-0.39, 0.29) is 12.4 Å². The van der Waals surface area contributed by atoms with Gasteiger partial charge in [0.1, 0.15) is 18.3 Å². The van der Waals surface area contributed by atoms with E-state index in [0.29, 0.717) is 0 Å². The van der Waals surface area contributed by atoms with Crippen molar-refractivity contribution >= 4 is 11.7 Å². The van der Waals surface area contributed by atoms with Gasteiger partial charge >= 0.3 is 5.69 Å². The van der Waals surface area contributed by atoms with Crippen LogP contribution in [0, 0.1) is 0 Å². The van der Waals surface area contributed by atoms with Crippen LogP contribution in [0.2, 0.25) is 0 Å². The predicted molar refractivity (Wildman–Crippen MR) is 67.0 cm³/mol. The first-order valence-electron chi connectivity index (χ1n) is 6.04. The summed E-state index contributed by atoms with van der Waals surface area (Å²) in [5.74, 6) is -0.605. The zero-order valence-electron chi connectivity index (χ0n) is 10.8. The number of carbonyl (C=O) groups excluding carboxylic acids is 1. The Hall–Kier alpha value is -2.08. The monoisotopic (exact) mass is 301 g/mol. The molecule has 1 amide bonds. The number of nitrogens with one attached hydrogen (secondary N) is 1. The van der Waals surface area contributed by atoms with E-state index in [1.165, 1.54) is 0 Å². The average Bonchev–Trinajstić information content (AvgIpc) is 2.73. The van der Waals surface area contributed by atoms with Crippen LogP contribution in [0.5, 0.6) is 0 Å². The molecule has 4 atom stereocenters. The molecule has 0 spiro atoms. The normalized spacial score (nSPS) is 28.5. The molecule has 6 N–H and O–H groups in total. The van der Waals surface area contributed by atoms with Crippen molar-refractivity contribution in [2.24, 2.45) is 5.73 Å². The second-order valence-electron chi connectivity index (χ2n) is 4.42. The number of amides is 1. The maximum atomic E-state index is 11.8. The Bertz CT molecular complexity index is 577. The molecule has 116 valence electrons. The van der Waals surface area contributed by atoms with E-state index >= 15 is 0 Å². The minimum Gasteiger partial charge on any atom is -0.394 e. The van der Waals surface area contributed by atoms with Crippen molar-refractivity contribution in [3.05, 3.63) is 16.7 Å². The smallest absolute Gasteiger partial charge is 0.368 e. The fourth-order valence-corrected chi connectivity index (χ4v) is 1.87. The lowest BCUT2D eigenvalue weighted by atomic mass is 10.1. The van der Waals surface area contributed by atoms with E-state index in [1.807, 2.05) is 0 Å². The van der Waals surface area contributed by atoms with Crippen LogP contribution in [0.3, 0.4) is 0 Å². The van der Waals surface area contributed by atoms with Gasteiger partial charge in [-0.15, -0.1) is 0 Å². The van der Waals surface area contributed by atoms with Crippen LogP contribution in [-0.2, 0) is 9.53 Å². The Morgan fingerprint density at radius 3 is 2.71 bits per heavy atom. The Kier molecular flexibility index (Phi) is 4.47. The second-order valence-corrected chi connectivity index (χ2v) is 4.42. The SMILES string of the molecule is NC(=O)CNc1cnn(C2OC(CO)C(O)C2O)c(=O)n1. The molecule has 2 rings (SSSR count). The highest BCUT2D eigenvalue weighted by Crippen LogP contribution is 2.27. The molecule has 0 aliphatic carbocycles. The van der Waals surface area contributed by atoms with E-state index in [2.05, 4.69) is 15.4 Å². The summed E-state index contributed by atoms with van der Waals surface area (Å²) >= 11 is 0. The highest BCUT2D eigenvalue weighted by Gasteiger charge is 2.44. The minimum atomic E-state index is -1.43. The van der Waals surface area contributed by atoms with Gasteiger partial charge in [-0.05, 0) is 0 Å². The standard InChI is InChI=1S/C10H15N5O6/c11-5(17)1-12-6-2-13-15(10(20)14-6)9-8(19)7(18)4(3-16)21-9/h2,4,7-9,16,18-19H,1,3H2,(H2,11,17)(H,12,14,20). The van der Waals surface area contributed by atoms with Crippen molar-refractivity contribution in [3.8, 4) is 0 Å². The van der Waals surface area contributed by atoms with Crippen molar-refractivity contribution in [1.29, 1.82) is 0 Å². The number of aromatic nitrogens is 3. The predicted octanol–water partition coefficient (Wildman–Crippen LogP) is -3.85. The van der Waals surface area contributed by atoms with Crippen LogP contribution in [0.15, 0.2) is 11.0 Å². The van der Waals surface area contributed by atoms with Crippen molar-refractivity contribution in [1.82, 2.24) is 14.8 Å². The summed E-state index contributed by atoms with van der Waals surface area (Å²) in [5.41, 5.74) is 4.07. The molecule has 21 heavy (non-hydrogen) atoms. The van der Waals surface area contributed by atoms with E-state index in [9.17, 15) is 19.8 Å². The van der Waals surface area contributed by atoms with Gasteiger partial charge in [-0.25, -0.2) is 4.79 Å². The van der Waals surface area contributed by atoms with Gasteiger partial charge in [0.2, 0.25) is 5.91 Å². The number of aliphatic hydroxyl groups is 3. The Balaban J connectivity index is 2.18. The zero-order chi connectivity index (χ0) is 15.6. The summed E-state index contributed by atoms with van der Waals surface area (Å²) in [6.07, 6.45) is -3.92. The summed E-state index contributed by atoms with van der Waals surface area (Å²) in [6, 6.07) is 0. The number of nitrogens with zero attached hydrogens (tertiary/aromatic N) is 3. The number of rotatable bonds is 5. The summed E-state index contributed by atoms with van der Waals surface area (Å²) < 4.78 is 5.89. The number of primary amides is 1. The van der Waals surface area contributed by atoms with Crippen LogP contribution in [-0.4, -0.2) is 67.5 Å². The molecule has 1 aliphatic rings. The summed E-state index contributed by atoms with van der Waals surface area (Å²) in [4.78, 5) is 26.0. The fraction of sp³-hybridized carbons (Fsp3) is 0.600. The van der Waals surface area contributed by atoms with Crippen LogP contribution < -0.4 is 16.7 Å².